The van der Waals surface area contributed by atoms with Gasteiger partial charge in [0.15, 0.2) is 0 Å². The molecular formula is C24H26N2O4. The van der Waals surface area contributed by atoms with Gasteiger partial charge < -0.3 is 20.1 Å². The van der Waals surface area contributed by atoms with E-state index in [1.165, 1.54) is 0 Å². The second-order valence-corrected chi connectivity index (χ2v) is 8.43. The van der Waals surface area contributed by atoms with Crippen molar-refractivity contribution in [3.05, 3.63) is 64.7 Å². The zero-order chi connectivity index (χ0) is 20.9. The Balaban J connectivity index is 1.57. The maximum Gasteiger partial charge on any atom is 0.254 e. The van der Waals surface area contributed by atoms with Crippen molar-refractivity contribution in [2.24, 2.45) is 11.8 Å². The Morgan fingerprint density at radius 2 is 1.83 bits per heavy atom. The van der Waals surface area contributed by atoms with E-state index in [9.17, 15) is 9.59 Å². The largest absolute Gasteiger partial charge is 0.491 e. The Morgan fingerprint density at radius 1 is 1.10 bits per heavy atom. The van der Waals surface area contributed by atoms with Gasteiger partial charge in [-0.15, -0.1) is 0 Å². The first-order valence-corrected chi connectivity index (χ1v) is 10.6. The van der Waals surface area contributed by atoms with Crippen molar-refractivity contribution in [2.45, 2.75) is 24.8 Å². The van der Waals surface area contributed by atoms with Crippen LogP contribution in [0.15, 0.2) is 42.5 Å². The van der Waals surface area contributed by atoms with Crippen LogP contribution in [0.2, 0.25) is 0 Å². The van der Waals surface area contributed by atoms with E-state index in [2.05, 4.69) is 29.7 Å². The summed E-state index contributed by atoms with van der Waals surface area (Å²) in [7, 11) is 1.59. The molecule has 2 aromatic carbocycles. The Bertz CT molecular complexity index is 996. The van der Waals surface area contributed by atoms with Crippen LogP contribution in [0, 0.1) is 11.8 Å². The van der Waals surface area contributed by atoms with E-state index in [0.717, 1.165) is 17.5 Å². The molecule has 2 aliphatic heterocycles. The molecule has 0 aromatic heterocycles. The zero-order valence-electron chi connectivity index (χ0n) is 17.2. The summed E-state index contributed by atoms with van der Waals surface area (Å²) < 4.78 is 11.5. The summed E-state index contributed by atoms with van der Waals surface area (Å²) in [4.78, 5) is 25.7. The van der Waals surface area contributed by atoms with E-state index in [0.29, 0.717) is 48.5 Å². The van der Waals surface area contributed by atoms with E-state index < -0.39 is 0 Å². The van der Waals surface area contributed by atoms with Crippen molar-refractivity contribution in [2.75, 3.05) is 26.9 Å². The summed E-state index contributed by atoms with van der Waals surface area (Å²) in [6, 6.07) is 13.9. The van der Waals surface area contributed by atoms with Gasteiger partial charge in [-0.1, -0.05) is 37.3 Å². The third kappa shape index (κ3) is 2.82. The molecule has 3 aliphatic rings. The van der Waals surface area contributed by atoms with Gasteiger partial charge in [0, 0.05) is 36.1 Å². The number of fused-ring (bicyclic) bond motifs is 2. The van der Waals surface area contributed by atoms with Gasteiger partial charge >= 0.3 is 0 Å². The van der Waals surface area contributed by atoms with Crippen molar-refractivity contribution in [3.8, 4) is 5.75 Å². The van der Waals surface area contributed by atoms with Crippen molar-refractivity contribution < 1.29 is 19.1 Å². The van der Waals surface area contributed by atoms with Crippen molar-refractivity contribution in [1.82, 2.24) is 10.6 Å². The Hall–Kier alpha value is -2.86. The molecule has 0 spiro atoms. The summed E-state index contributed by atoms with van der Waals surface area (Å²) in [6.07, 6.45) is 0.798. The van der Waals surface area contributed by atoms with Gasteiger partial charge in [0.1, 0.15) is 12.4 Å². The smallest absolute Gasteiger partial charge is 0.254 e. The van der Waals surface area contributed by atoms with Crippen LogP contribution in [-0.2, 0) is 10.2 Å². The van der Waals surface area contributed by atoms with Crippen LogP contribution in [0.5, 0.6) is 5.75 Å². The highest BCUT2D eigenvalue weighted by Crippen LogP contribution is 2.48. The minimum absolute atomic E-state index is 0.146. The molecule has 1 aliphatic carbocycles. The summed E-state index contributed by atoms with van der Waals surface area (Å²) in [5, 5.41) is 5.82. The van der Waals surface area contributed by atoms with Gasteiger partial charge in [0.05, 0.1) is 24.2 Å². The van der Waals surface area contributed by atoms with Gasteiger partial charge in [-0.25, -0.2) is 0 Å². The molecule has 4 atom stereocenters. The summed E-state index contributed by atoms with van der Waals surface area (Å²) >= 11 is 0. The maximum absolute atomic E-state index is 13.1. The second kappa shape index (κ2) is 7.13. The average molecular weight is 406 g/mol. The molecule has 2 heterocycles. The molecule has 2 fully saturated rings. The number of carbonyl (C=O) groups excluding carboxylic acids is 2. The summed E-state index contributed by atoms with van der Waals surface area (Å²) in [5.74, 6) is 1.02. The predicted molar refractivity (Wildman–Crippen MR) is 112 cm³/mol. The van der Waals surface area contributed by atoms with Gasteiger partial charge in [0.2, 0.25) is 0 Å². The van der Waals surface area contributed by atoms with Crippen LogP contribution in [0.3, 0.4) is 0 Å². The van der Waals surface area contributed by atoms with Crippen molar-refractivity contribution in [1.29, 1.82) is 0 Å². The normalized spacial score (nSPS) is 28.3. The number of hydrogen-bond donors (Lipinski definition) is 2. The van der Waals surface area contributed by atoms with Gasteiger partial charge in [-0.3, -0.25) is 9.59 Å². The molecule has 0 bridgehead atoms. The van der Waals surface area contributed by atoms with E-state index in [1.807, 2.05) is 24.3 Å². The standard InChI is InChI=1S/C24H26N2O4/c1-3-24(15-7-5-4-6-8-15)13-30-21-16(23(28)25-2)9-14(10-19(21)24)22(27)26-20-17-11-29-12-18(17)20/h4-10,17-18,20H,3,11-13H2,1-2H3,(H,25,28)(H,26,27)/t17-,18+,20?,24-/m0/s1. The molecule has 0 radical (unpaired) electrons. The minimum atomic E-state index is -0.389. The van der Waals surface area contributed by atoms with Crippen LogP contribution < -0.4 is 15.4 Å². The molecule has 1 saturated carbocycles. The molecule has 1 saturated heterocycles. The van der Waals surface area contributed by atoms with Crippen LogP contribution in [0.4, 0.5) is 0 Å². The van der Waals surface area contributed by atoms with E-state index in [4.69, 9.17) is 9.47 Å². The maximum atomic E-state index is 13.1. The molecule has 6 nitrogen and oxygen atoms in total. The third-order valence-corrected chi connectivity index (χ3v) is 6.98. The topological polar surface area (TPSA) is 76.7 Å². The van der Waals surface area contributed by atoms with Crippen LogP contribution >= 0.6 is 0 Å². The lowest BCUT2D eigenvalue weighted by Crippen LogP contribution is -2.31. The van der Waals surface area contributed by atoms with Crippen LogP contribution in [0.25, 0.3) is 0 Å². The lowest BCUT2D eigenvalue weighted by molar-refractivity contribution is 0.0928. The highest BCUT2D eigenvalue weighted by Gasteiger charge is 2.55. The quantitative estimate of drug-likeness (QED) is 0.800. The predicted octanol–water partition coefficient (Wildman–Crippen LogP) is 2.51. The molecular weight excluding hydrogens is 380 g/mol. The molecule has 2 N–H and O–H groups in total. The number of rotatable bonds is 5. The first kappa shape index (κ1) is 19.1. The minimum Gasteiger partial charge on any atom is -0.491 e. The monoisotopic (exact) mass is 406 g/mol. The number of nitrogens with one attached hydrogen (secondary N) is 2. The Morgan fingerprint density at radius 3 is 2.50 bits per heavy atom. The fourth-order valence-electron chi connectivity index (χ4n) is 5.03. The number of hydrogen-bond acceptors (Lipinski definition) is 4. The fourth-order valence-corrected chi connectivity index (χ4v) is 5.03. The van der Waals surface area contributed by atoms with E-state index in [1.54, 1.807) is 13.1 Å². The second-order valence-electron chi connectivity index (χ2n) is 8.43. The zero-order valence-corrected chi connectivity index (χ0v) is 17.2. The van der Waals surface area contributed by atoms with Crippen LogP contribution in [-0.4, -0.2) is 44.7 Å². The number of benzene rings is 2. The van der Waals surface area contributed by atoms with Crippen LogP contribution in [0.1, 0.15) is 45.2 Å². The van der Waals surface area contributed by atoms with E-state index >= 15 is 0 Å². The van der Waals surface area contributed by atoms with Crippen molar-refractivity contribution >= 4 is 11.8 Å². The van der Waals surface area contributed by atoms with Crippen molar-refractivity contribution in [3.63, 3.8) is 0 Å². The number of carbonyl (C=O) groups is 2. The Labute approximate surface area is 176 Å². The molecule has 2 amide bonds. The first-order valence-electron chi connectivity index (χ1n) is 10.6. The SMILES string of the molecule is CC[C@@]1(c2ccccc2)COc2c(C(=O)NC)cc(C(=O)NC3[C@H]4COC[C@@H]34)cc21. The number of ether oxygens (including phenoxy) is 2. The molecule has 2 aromatic rings. The first-order chi connectivity index (χ1) is 14.6. The lowest BCUT2D eigenvalue weighted by Gasteiger charge is -2.27. The van der Waals surface area contributed by atoms with Gasteiger partial charge in [0.25, 0.3) is 11.8 Å². The molecule has 5 rings (SSSR count). The highest BCUT2D eigenvalue weighted by molar-refractivity contribution is 6.02. The van der Waals surface area contributed by atoms with Gasteiger partial charge in [-0.05, 0) is 24.1 Å². The lowest BCUT2D eigenvalue weighted by atomic mass is 9.73. The van der Waals surface area contributed by atoms with Gasteiger partial charge in [-0.2, -0.15) is 0 Å². The molecule has 30 heavy (non-hydrogen) atoms. The summed E-state index contributed by atoms with van der Waals surface area (Å²) in [5.41, 5.74) is 2.55. The third-order valence-electron chi connectivity index (χ3n) is 6.98. The van der Waals surface area contributed by atoms with E-state index in [-0.39, 0.29) is 23.3 Å². The average Bonchev–Trinajstić information content (AvgIpc) is 3.14. The fraction of sp³-hybridized carbons (Fsp3) is 0.417. The number of amides is 2. The molecule has 1 unspecified atom stereocenters. The Kier molecular flexibility index (Phi) is 4.54. The molecule has 6 heteroatoms. The summed E-state index contributed by atoms with van der Waals surface area (Å²) in [6.45, 7) is 3.99. The highest BCUT2D eigenvalue weighted by atomic mass is 16.5. The molecule has 156 valence electrons.